The smallest absolute Gasteiger partial charge is 0.253 e. The van der Waals surface area contributed by atoms with Gasteiger partial charge in [0.05, 0.1) is 19.6 Å². The van der Waals surface area contributed by atoms with E-state index in [2.05, 4.69) is 10.6 Å². The molecule has 3 aliphatic heterocycles. The summed E-state index contributed by atoms with van der Waals surface area (Å²) in [5.74, 6) is -0.801. The standard InChI is InChI=1S/C27H30N4O6/c1-37-21-10-6-5-9-17(21)13-22(32)30-12-11-19-23(30)27(36)31-15-18(14-20(31)25(34)29-19)28-26(35)24(33)16-7-3-2-4-8-16/h2-10,18-20,23-24,33H,11-15H2,1H3,(H,28,35)(H,29,34). The minimum Gasteiger partial charge on any atom is -0.496 e. The Hall–Kier alpha value is -3.92. The third-order valence-electron chi connectivity index (χ3n) is 7.43. The minimum absolute atomic E-state index is 0.0773. The number of likely N-dealkylation sites (tertiary alicyclic amines) is 1. The molecule has 0 aromatic heterocycles. The molecule has 3 heterocycles. The van der Waals surface area contributed by atoms with Crippen molar-refractivity contribution >= 4 is 23.6 Å². The lowest BCUT2D eigenvalue weighted by Crippen LogP contribution is -2.53. The first-order valence-electron chi connectivity index (χ1n) is 12.4. The normalized spacial score (nSPS) is 25.6. The van der Waals surface area contributed by atoms with E-state index in [1.165, 1.54) is 4.90 Å². The van der Waals surface area contributed by atoms with Crippen LogP contribution in [0, 0.1) is 0 Å². The maximum absolute atomic E-state index is 13.7. The van der Waals surface area contributed by atoms with Crippen molar-refractivity contribution in [1.82, 2.24) is 20.4 Å². The van der Waals surface area contributed by atoms with E-state index < -0.39 is 36.2 Å². The molecule has 2 aromatic carbocycles. The molecule has 3 aliphatic rings. The van der Waals surface area contributed by atoms with Crippen LogP contribution in [0.1, 0.15) is 30.1 Å². The number of methoxy groups -OCH3 is 1. The number of rotatable bonds is 6. The third kappa shape index (κ3) is 4.76. The summed E-state index contributed by atoms with van der Waals surface area (Å²) in [5, 5.41) is 16.1. The summed E-state index contributed by atoms with van der Waals surface area (Å²) >= 11 is 0. The van der Waals surface area contributed by atoms with E-state index >= 15 is 0 Å². The fourth-order valence-corrected chi connectivity index (χ4v) is 5.59. The Labute approximate surface area is 214 Å². The Balaban J connectivity index is 1.29. The Morgan fingerprint density at radius 3 is 2.62 bits per heavy atom. The van der Waals surface area contributed by atoms with Gasteiger partial charge in [0.2, 0.25) is 17.7 Å². The number of aliphatic hydroxyl groups is 1. The van der Waals surface area contributed by atoms with Gasteiger partial charge in [-0.1, -0.05) is 48.5 Å². The lowest BCUT2D eigenvalue weighted by Gasteiger charge is -2.29. The summed E-state index contributed by atoms with van der Waals surface area (Å²) in [6.45, 7) is 0.485. The molecule has 5 unspecified atom stereocenters. The first-order valence-corrected chi connectivity index (χ1v) is 12.4. The summed E-state index contributed by atoms with van der Waals surface area (Å²) in [7, 11) is 1.54. The number of hydrogen-bond acceptors (Lipinski definition) is 6. The molecule has 0 bridgehead atoms. The largest absolute Gasteiger partial charge is 0.496 e. The number of nitrogens with one attached hydrogen (secondary N) is 2. The van der Waals surface area contributed by atoms with Gasteiger partial charge in [-0.3, -0.25) is 19.2 Å². The van der Waals surface area contributed by atoms with Gasteiger partial charge in [-0.15, -0.1) is 0 Å². The Bertz CT molecular complexity index is 1200. The van der Waals surface area contributed by atoms with Crippen molar-refractivity contribution < 1.29 is 29.0 Å². The predicted octanol–water partition coefficient (Wildman–Crippen LogP) is 0.156. The Morgan fingerprint density at radius 1 is 1.14 bits per heavy atom. The van der Waals surface area contributed by atoms with Gasteiger partial charge < -0.3 is 30.3 Å². The number of hydrogen-bond donors (Lipinski definition) is 3. The van der Waals surface area contributed by atoms with E-state index in [1.807, 2.05) is 18.2 Å². The summed E-state index contributed by atoms with van der Waals surface area (Å²) in [5.41, 5.74) is 1.18. The summed E-state index contributed by atoms with van der Waals surface area (Å²) in [4.78, 5) is 55.7. The lowest BCUT2D eigenvalue weighted by molar-refractivity contribution is -0.144. The van der Waals surface area contributed by atoms with Crippen molar-refractivity contribution in [2.24, 2.45) is 0 Å². The van der Waals surface area contributed by atoms with E-state index in [-0.39, 0.29) is 37.1 Å². The highest BCUT2D eigenvalue weighted by molar-refractivity contribution is 5.97. The molecule has 4 amide bonds. The molecule has 0 radical (unpaired) electrons. The van der Waals surface area contributed by atoms with Gasteiger partial charge in [0.15, 0.2) is 6.10 Å². The van der Waals surface area contributed by atoms with Crippen molar-refractivity contribution in [3.05, 3.63) is 65.7 Å². The van der Waals surface area contributed by atoms with E-state index in [0.717, 1.165) is 5.56 Å². The maximum Gasteiger partial charge on any atom is 0.253 e. The van der Waals surface area contributed by atoms with Crippen LogP contribution in [0.2, 0.25) is 0 Å². The molecular weight excluding hydrogens is 476 g/mol. The first kappa shape index (κ1) is 24.8. The van der Waals surface area contributed by atoms with Crippen LogP contribution in [0.3, 0.4) is 0 Å². The SMILES string of the molecule is COc1ccccc1CC(=O)N1CCC2NC(=O)C3CC(NC(=O)C(O)c4ccccc4)CN3C(=O)C21. The topological polar surface area (TPSA) is 128 Å². The minimum atomic E-state index is -1.35. The number of fused-ring (bicyclic) bond motifs is 2. The molecule has 2 aromatic rings. The highest BCUT2D eigenvalue weighted by atomic mass is 16.5. The molecule has 0 spiro atoms. The van der Waals surface area contributed by atoms with Crippen LogP contribution < -0.4 is 15.4 Å². The molecule has 37 heavy (non-hydrogen) atoms. The van der Waals surface area contributed by atoms with Gasteiger partial charge >= 0.3 is 0 Å². The van der Waals surface area contributed by atoms with Crippen molar-refractivity contribution in [3.63, 3.8) is 0 Å². The van der Waals surface area contributed by atoms with Crippen molar-refractivity contribution in [2.75, 3.05) is 20.2 Å². The van der Waals surface area contributed by atoms with Crippen LogP contribution in [0.5, 0.6) is 5.75 Å². The number of carbonyl (C=O) groups excluding carboxylic acids is 4. The third-order valence-corrected chi connectivity index (χ3v) is 7.43. The fourth-order valence-electron chi connectivity index (χ4n) is 5.59. The summed E-state index contributed by atoms with van der Waals surface area (Å²) in [6, 6.07) is 13.3. The number of para-hydroxylation sites is 1. The fraction of sp³-hybridized carbons (Fsp3) is 0.407. The van der Waals surface area contributed by atoms with Gasteiger partial charge in [0, 0.05) is 24.7 Å². The van der Waals surface area contributed by atoms with E-state index in [9.17, 15) is 24.3 Å². The van der Waals surface area contributed by atoms with Crippen LogP contribution in [0.15, 0.2) is 54.6 Å². The number of benzene rings is 2. The molecule has 3 saturated heterocycles. The zero-order chi connectivity index (χ0) is 26.1. The zero-order valence-corrected chi connectivity index (χ0v) is 20.5. The van der Waals surface area contributed by atoms with Gasteiger partial charge in [0.25, 0.3) is 5.91 Å². The molecule has 10 nitrogen and oxygen atoms in total. The van der Waals surface area contributed by atoms with Gasteiger partial charge in [-0.2, -0.15) is 0 Å². The van der Waals surface area contributed by atoms with Crippen molar-refractivity contribution in [1.29, 1.82) is 0 Å². The second kappa shape index (κ2) is 10.2. The Morgan fingerprint density at radius 2 is 1.86 bits per heavy atom. The van der Waals surface area contributed by atoms with E-state index in [1.54, 1.807) is 48.4 Å². The highest BCUT2D eigenvalue weighted by Crippen LogP contribution is 2.30. The van der Waals surface area contributed by atoms with Crippen LogP contribution in [0.4, 0.5) is 0 Å². The number of aliphatic hydroxyl groups excluding tert-OH is 1. The number of ether oxygens (including phenoxy) is 1. The van der Waals surface area contributed by atoms with Crippen LogP contribution in [-0.4, -0.2) is 82.9 Å². The summed E-state index contributed by atoms with van der Waals surface area (Å²) in [6.07, 6.45) is -0.551. The molecule has 10 heteroatoms. The number of carbonyl (C=O) groups is 4. The van der Waals surface area contributed by atoms with E-state index in [0.29, 0.717) is 24.3 Å². The van der Waals surface area contributed by atoms with Crippen LogP contribution >= 0.6 is 0 Å². The molecule has 5 rings (SSSR count). The first-order chi connectivity index (χ1) is 17.9. The average molecular weight is 507 g/mol. The van der Waals surface area contributed by atoms with E-state index in [4.69, 9.17) is 4.74 Å². The number of nitrogens with zero attached hydrogens (tertiary/aromatic N) is 2. The van der Waals surface area contributed by atoms with Gasteiger partial charge in [-0.25, -0.2) is 0 Å². The van der Waals surface area contributed by atoms with Crippen molar-refractivity contribution in [2.45, 2.75) is 49.5 Å². The molecule has 5 atom stereocenters. The molecule has 194 valence electrons. The van der Waals surface area contributed by atoms with Gasteiger partial charge in [-0.05, 0) is 24.5 Å². The van der Waals surface area contributed by atoms with Crippen LogP contribution in [0.25, 0.3) is 0 Å². The van der Waals surface area contributed by atoms with Gasteiger partial charge in [0.1, 0.15) is 17.8 Å². The zero-order valence-electron chi connectivity index (χ0n) is 20.5. The van der Waals surface area contributed by atoms with Crippen molar-refractivity contribution in [3.8, 4) is 5.75 Å². The molecule has 0 saturated carbocycles. The second-order valence-electron chi connectivity index (χ2n) is 9.69. The predicted molar refractivity (Wildman–Crippen MR) is 132 cm³/mol. The Kier molecular flexibility index (Phi) is 6.84. The second-order valence-corrected chi connectivity index (χ2v) is 9.69. The lowest BCUT2D eigenvalue weighted by atomic mass is 10.1. The molecule has 3 fully saturated rings. The summed E-state index contributed by atoms with van der Waals surface area (Å²) < 4.78 is 5.36. The molecule has 3 N–H and O–H groups in total. The average Bonchev–Trinajstić information content (AvgIpc) is 3.51. The van der Waals surface area contributed by atoms with Crippen LogP contribution in [-0.2, 0) is 25.6 Å². The highest BCUT2D eigenvalue weighted by Gasteiger charge is 2.52. The quantitative estimate of drug-likeness (QED) is 0.512. The molecular formula is C27H30N4O6. The maximum atomic E-state index is 13.7. The molecule has 0 aliphatic carbocycles. The number of amides is 4. The monoisotopic (exact) mass is 506 g/mol.